The maximum absolute atomic E-state index is 6.02. The second-order valence-corrected chi connectivity index (χ2v) is 6.08. The first kappa shape index (κ1) is 13.4. The second kappa shape index (κ2) is 5.78. The zero-order chi connectivity index (χ0) is 13.9. The molecule has 0 aromatic carbocycles. The van der Waals surface area contributed by atoms with Crippen LogP contribution in [0, 0.1) is 0 Å². The van der Waals surface area contributed by atoms with Crippen LogP contribution in [0.15, 0.2) is 41.3 Å². The lowest BCUT2D eigenvalue weighted by atomic mass is 10.2. The van der Waals surface area contributed by atoms with E-state index in [1.165, 1.54) is 11.3 Å². The average molecular weight is 309 g/mol. The lowest BCUT2D eigenvalue weighted by Crippen LogP contribution is -2.22. The van der Waals surface area contributed by atoms with Crippen molar-refractivity contribution >= 4 is 22.9 Å². The summed E-state index contributed by atoms with van der Waals surface area (Å²) >= 11 is 7.56. The summed E-state index contributed by atoms with van der Waals surface area (Å²) in [5.41, 5.74) is 0. The van der Waals surface area contributed by atoms with Crippen molar-refractivity contribution in [3.05, 3.63) is 57.7 Å². The van der Waals surface area contributed by atoms with Crippen LogP contribution in [-0.4, -0.2) is 14.8 Å². The fourth-order valence-electron chi connectivity index (χ4n) is 1.94. The molecular weight excluding hydrogens is 296 g/mol. The predicted octanol–water partition coefficient (Wildman–Crippen LogP) is 3.00. The van der Waals surface area contributed by atoms with Crippen molar-refractivity contribution in [3.8, 4) is 0 Å². The van der Waals surface area contributed by atoms with Gasteiger partial charge in [0.25, 0.3) is 0 Å². The number of nitrogens with zero attached hydrogens (tertiary/aromatic N) is 3. The lowest BCUT2D eigenvalue weighted by molar-refractivity contribution is 0.444. The average Bonchev–Trinajstić information content (AvgIpc) is 3.14. The molecule has 0 aliphatic rings. The van der Waals surface area contributed by atoms with Crippen molar-refractivity contribution in [2.75, 3.05) is 0 Å². The van der Waals surface area contributed by atoms with Crippen molar-refractivity contribution in [2.24, 2.45) is 7.05 Å². The molecule has 104 valence electrons. The predicted molar refractivity (Wildman–Crippen MR) is 77.7 cm³/mol. The first-order valence-corrected chi connectivity index (χ1v) is 7.28. The number of furan rings is 1. The Morgan fingerprint density at radius 1 is 1.45 bits per heavy atom. The van der Waals surface area contributed by atoms with E-state index in [0.717, 1.165) is 20.8 Å². The molecule has 1 atom stereocenters. The summed E-state index contributed by atoms with van der Waals surface area (Å²) in [4.78, 5) is 1.10. The molecule has 0 saturated heterocycles. The van der Waals surface area contributed by atoms with Gasteiger partial charge in [-0.2, -0.15) is 0 Å². The minimum atomic E-state index is -0.0424. The highest BCUT2D eigenvalue weighted by Gasteiger charge is 2.19. The van der Waals surface area contributed by atoms with Crippen LogP contribution >= 0.6 is 22.9 Å². The van der Waals surface area contributed by atoms with Crippen molar-refractivity contribution in [2.45, 2.75) is 12.6 Å². The molecule has 0 radical (unpaired) electrons. The number of hydrogen-bond donors (Lipinski definition) is 1. The number of thiophene rings is 1. The van der Waals surface area contributed by atoms with Crippen LogP contribution in [0.3, 0.4) is 0 Å². The summed E-state index contributed by atoms with van der Waals surface area (Å²) in [5, 5.41) is 11.4. The molecule has 3 heterocycles. The van der Waals surface area contributed by atoms with E-state index in [-0.39, 0.29) is 6.04 Å². The number of aryl methyl sites for hydroxylation is 1. The van der Waals surface area contributed by atoms with Crippen molar-refractivity contribution in [3.63, 3.8) is 0 Å². The van der Waals surface area contributed by atoms with Crippen LogP contribution < -0.4 is 5.32 Å². The van der Waals surface area contributed by atoms with Gasteiger partial charge in [0, 0.05) is 11.9 Å². The summed E-state index contributed by atoms with van der Waals surface area (Å²) in [7, 11) is 1.92. The number of aromatic nitrogens is 3. The van der Waals surface area contributed by atoms with Gasteiger partial charge in [0.1, 0.15) is 24.0 Å². The van der Waals surface area contributed by atoms with Gasteiger partial charge < -0.3 is 8.98 Å². The maximum Gasteiger partial charge on any atom is 0.146 e. The van der Waals surface area contributed by atoms with Crippen LogP contribution in [-0.2, 0) is 13.6 Å². The monoisotopic (exact) mass is 308 g/mol. The van der Waals surface area contributed by atoms with Crippen LogP contribution in [0.25, 0.3) is 0 Å². The molecule has 7 heteroatoms. The summed E-state index contributed by atoms with van der Waals surface area (Å²) in [6.45, 7) is 0.595. The third-order valence-electron chi connectivity index (χ3n) is 2.98. The lowest BCUT2D eigenvalue weighted by Gasteiger charge is -2.14. The smallest absolute Gasteiger partial charge is 0.146 e. The highest BCUT2D eigenvalue weighted by Crippen LogP contribution is 2.31. The normalized spacial score (nSPS) is 12.7. The van der Waals surface area contributed by atoms with Gasteiger partial charge in [0.05, 0.1) is 17.1 Å². The van der Waals surface area contributed by atoms with Crippen LogP contribution in [0.5, 0.6) is 0 Å². The molecule has 0 aliphatic heterocycles. The molecule has 3 aromatic heterocycles. The summed E-state index contributed by atoms with van der Waals surface area (Å²) in [6, 6.07) is 7.67. The molecule has 3 aromatic rings. The molecule has 0 saturated carbocycles. The Kier molecular flexibility index (Phi) is 3.86. The fraction of sp³-hybridized carbons (Fsp3) is 0.231. The Hall–Kier alpha value is -1.63. The quantitative estimate of drug-likeness (QED) is 0.787. The zero-order valence-corrected chi connectivity index (χ0v) is 12.4. The molecule has 0 fully saturated rings. The summed E-state index contributed by atoms with van der Waals surface area (Å²) < 4.78 is 8.16. The SMILES string of the molecule is Cn1cnnc1CNC(c1ccco1)c1ccc(Cl)s1. The molecule has 5 nitrogen and oxygen atoms in total. The Labute approximate surface area is 125 Å². The van der Waals surface area contributed by atoms with Crippen molar-refractivity contribution in [1.29, 1.82) is 0 Å². The summed E-state index contributed by atoms with van der Waals surface area (Å²) in [5.74, 6) is 1.72. The molecule has 0 aliphatic carbocycles. The summed E-state index contributed by atoms with van der Waals surface area (Å²) in [6.07, 6.45) is 3.35. The van der Waals surface area contributed by atoms with Gasteiger partial charge in [0.15, 0.2) is 0 Å². The molecule has 1 unspecified atom stereocenters. The van der Waals surface area contributed by atoms with E-state index in [1.807, 2.05) is 35.9 Å². The molecule has 20 heavy (non-hydrogen) atoms. The number of rotatable bonds is 5. The van der Waals surface area contributed by atoms with Crippen LogP contribution in [0.2, 0.25) is 4.34 Å². The highest BCUT2D eigenvalue weighted by molar-refractivity contribution is 7.16. The van der Waals surface area contributed by atoms with Gasteiger partial charge in [-0.1, -0.05) is 11.6 Å². The topological polar surface area (TPSA) is 55.9 Å². The van der Waals surface area contributed by atoms with E-state index < -0.39 is 0 Å². The molecule has 0 spiro atoms. The Balaban J connectivity index is 1.81. The Morgan fingerprint density at radius 3 is 2.95 bits per heavy atom. The van der Waals surface area contributed by atoms with Crippen LogP contribution in [0.1, 0.15) is 22.5 Å². The van der Waals surface area contributed by atoms with Crippen molar-refractivity contribution in [1.82, 2.24) is 20.1 Å². The number of nitrogens with one attached hydrogen (secondary N) is 1. The second-order valence-electron chi connectivity index (χ2n) is 4.33. The van der Waals surface area contributed by atoms with E-state index in [0.29, 0.717) is 6.54 Å². The third kappa shape index (κ3) is 2.77. The molecule has 0 bridgehead atoms. The number of hydrogen-bond acceptors (Lipinski definition) is 5. The minimum absolute atomic E-state index is 0.0424. The first-order valence-electron chi connectivity index (χ1n) is 6.09. The zero-order valence-electron chi connectivity index (χ0n) is 10.8. The largest absolute Gasteiger partial charge is 0.467 e. The fourth-order valence-corrected chi connectivity index (χ4v) is 3.09. The van der Waals surface area contributed by atoms with Gasteiger partial charge in [-0.25, -0.2) is 0 Å². The van der Waals surface area contributed by atoms with Gasteiger partial charge in [-0.05, 0) is 24.3 Å². The van der Waals surface area contributed by atoms with Gasteiger partial charge in [-0.15, -0.1) is 21.5 Å². The van der Waals surface area contributed by atoms with Gasteiger partial charge in [0.2, 0.25) is 0 Å². The minimum Gasteiger partial charge on any atom is -0.467 e. The van der Waals surface area contributed by atoms with E-state index >= 15 is 0 Å². The molecule has 1 N–H and O–H groups in total. The first-order chi connectivity index (χ1) is 9.74. The van der Waals surface area contributed by atoms with E-state index in [4.69, 9.17) is 16.0 Å². The number of halogens is 1. The van der Waals surface area contributed by atoms with E-state index in [1.54, 1.807) is 12.6 Å². The Bertz CT molecular complexity index is 676. The van der Waals surface area contributed by atoms with E-state index in [9.17, 15) is 0 Å². The molecule has 0 amide bonds. The van der Waals surface area contributed by atoms with Crippen LogP contribution in [0.4, 0.5) is 0 Å². The van der Waals surface area contributed by atoms with Gasteiger partial charge in [-0.3, -0.25) is 5.32 Å². The van der Waals surface area contributed by atoms with Gasteiger partial charge >= 0.3 is 0 Å². The molecular formula is C13H13ClN4OS. The molecule has 3 rings (SSSR count). The maximum atomic E-state index is 6.02. The highest BCUT2D eigenvalue weighted by atomic mass is 35.5. The van der Waals surface area contributed by atoms with E-state index in [2.05, 4.69) is 15.5 Å². The Morgan fingerprint density at radius 2 is 2.35 bits per heavy atom. The van der Waals surface area contributed by atoms with Crippen molar-refractivity contribution < 1.29 is 4.42 Å². The standard InChI is InChI=1S/C13H13ClN4OS/c1-18-8-16-17-12(18)7-15-13(9-3-2-6-19-9)10-4-5-11(14)20-10/h2-6,8,13,15H,7H2,1H3. The third-order valence-corrected chi connectivity index (χ3v) is 4.27.